The summed E-state index contributed by atoms with van der Waals surface area (Å²) in [6.45, 7) is 4.51. The van der Waals surface area contributed by atoms with Gasteiger partial charge < -0.3 is 15.6 Å². The fraction of sp³-hybridized carbons (Fsp3) is 0.455. The first-order chi connectivity index (χ1) is 6.65. The smallest absolute Gasteiger partial charge is 0.122 e. The van der Waals surface area contributed by atoms with Gasteiger partial charge in [0.25, 0.3) is 0 Å². The lowest BCUT2D eigenvalue weighted by Gasteiger charge is -2.13. The summed E-state index contributed by atoms with van der Waals surface area (Å²) in [7, 11) is 0. The molecule has 0 fully saturated rings. The van der Waals surface area contributed by atoms with E-state index in [1.807, 2.05) is 32.0 Å². The van der Waals surface area contributed by atoms with Gasteiger partial charge in [-0.1, -0.05) is 12.1 Å². The highest BCUT2D eigenvalue weighted by molar-refractivity contribution is 5.38. The summed E-state index contributed by atoms with van der Waals surface area (Å²) in [6, 6.07) is 5.86. The molecule has 3 N–H and O–H groups in total. The molecule has 0 bridgehead atoms. The Balaban J connectivity index is 2.63. The maximum atomic E-state index is 9.23. The molecule has 0 aliphatic rings. The van der Waals surface area contributed by atoms with Crippen LogP contribution in [0.2, 0.25) is 0 Å². The molecule has 14 heavy (non-hydrogen) atoms. The van der Waals surface area contributed by atoms with Gasteiger partial charge in [-0.3, -0.25) is 0 Å². The van der Waals surface area contributed by atoms with Crippen molar-refractivity contribution in [1.82, 2.24) is 0 Å². The molecule has 0 radical (unpaired) electrons. The molecule has 3 heteroatoms. The first-order valence-corrected chi connectivity index (χ1v) is 4.72. The van der Waals surface area contributed by atoms with Gasteiger partial charge in [-0.15, -0.1) is 0 Å². The van der Waals surface area contributed by atoms with E-state index >= 15 is 0 Å². The summed E-state index contributed by atoms with van der Waals surface area (Å²) in [5.74, 6) is 0.817. The van der Waals surface area contributed by atoms with Crippen molar-refractivity contribution >= 4 is 0 Å². The zero-order chi connectivity index (χ0) is 10.6. The molecule has 0 spiro atoms. The van der Waals surface area contributed by atoms with Crippen LogP contribution < -0.4 is 10.5 Å². The van der Waals surface area contributed by atoms with E-state index in [1.165, 1.54) is 5.56 Å². The highest BCUT2D eigenvalue weighted by Gasteiger charge is 2.05. The van der Waals surface area contributed by atoms with Crippen LogP contribution in [0.5, 0.6) is 5.75 Å². The van der Waals surface area contributed by atoms with E-state index in [-0.39, 0.29) is 13.2 Å². The van der Waals surface area contributed by atoms with Gasteiger partial charge in [0.05, 0.1) is 0 Å². The van der Waals surface area contributed by atoms with Crippen LogP contribution in [0.15, 0.2) is 18.2 Å². The van der Waals surface area contributed by atoms with Gasteiger partial charge in [0, 0.05) is 6.54 Å². The molecule has 0 aliphatic carbocycles. The predicted octanol–water partition coefficient (Wildman–Crippen LogP) is 1.00. The van der Waals surface area contributed by atoms with E-state index in [0.29, 0.717) is 0 Å². The molecule has 3 nitrogen and oxygen atoms in total. The Labute approximate surface area is 84.5 Å². The van der Waals surface area contributed by atoms with E-state index in [4.69, 9.17) is 10.5 Å². The van der Waals surface area contributed by atoms with Gasteiger partial charge in [0.1, 0.15) is 18.5 Å². The van der Waals surface area contributed by atoms with Crippen molar-refractivity contribution < 1.29 is 9.84 Å². The molecule has 0 heterocycles. The third-order valence-corrected chi connectivity index (χ3v) is 2.26. The van der Waals surface area contributed by atoms with Crippen molar-refractivity contribution in [3.05, 3.63) is 29.3 Å². The molecule has 0 aliphatic heterocycles. The number of hydrogen-bond acceptors (Lipinski definition) is 3. The van der Waals surface area contributed by atoms with Crippen LogP contribution in [-0.4, -0.2) is 24.4 Å². The van der Waals surface area contributed by atoms with Crippen LogP contribution >= 0.6 is 0 Å². The maximum absolute atomic E-state index is 9.23. The minimum Gasteiger partial charge on any atom is -0.491 e. The second-order valence-electron chi connectivity index (χ2n) is 3.40. The molecular weight excluding hydrogens is 178 g/mol. The minimum absolute atomic E-state index is 0.227. The number of aliphatic hydroxyl groups excluding tert-OH is 1. The number of rotatable bonds is 4. The molecular formula is C11H17NO2. The molecule has 0 saturated carbocycles. The predicted molar refractivity (Wildman–Crippen MR) is 56.5 cm³/mol. The normalized spacial score (nSPS) is 12.6. The first-order valence-electron chi connectivity index (χ1n) is 4.72. The Kier molecular flexibility index (Phi) is 3.92. The van der Waals surface area contributed by atoms with Crippen molar-refractivity contribution in [1.29, 1.82) is 0 Å². The van der Waals surface area contributed by atoms with E-state index in [0.717, 1.165) is 11.3 Å². The second-order valence-corrected chi connectivity index (χ2v) is 3.40. The SMILES string of the molecule is Cc1cccc(OCC(O)CN)c1C. The Hall–Kier alpha value is -1.06. The molecule has 0 saturated heterocycles. The quantitative estimate of drug-likeness (QED) is 0.753. The summed E-state index contributed by atoms with van der Waals surface area (Å²) in [5, 5.41) is 9.23. The van der Waals surface area contributed by atoms with Gasteiger partial charge in [0.15, 0.2) is 0 Å². The Bertz CT molecular complexity index is 299. The van der Waals surface area contributed by atoms with Crippen molar-refractivity contribution in [2.45, 2.75) is 20.0 Å². The van der Waals surface area contributed by atoms with E-state index in [9.17, 15) is 5.11 Å². The standard InChI is InChI=1S/C11H17NO2/c1-8-4-3-5-11(9(8)2)14-7-10(13)6-12/h3-5,10,13H,6-7,12H2,1-2H3. The van der Waals surface area contributed by atoms with Crippen molar-refractivity contribution in [3.63, 3.8) is 0 Å². The molecule has 1 unspecified atom stereocenters. The summed E-state index contributed by atoms with van der Waals surface area (Å²) in [5.41, 5.74) is 7.57. The van der Waals surface area contributed by atoms with Crippen LogP contribution in [0, 0.1) is 13.8 Å². The van der Waals surface area contributed by atoms with Gasteiger partial charge >= 0.3 is 0 Å². The van der Waals surface area contributed by atoms with Crippen LogP contribution in [0.3, 0.4) is 0 Å². The zero-order valence-electron chi connectivity index (χ0n) is 8.66. The first kappa shape index (κ1) is 11.0. The Morgan fingerprint density at radius 1 is 1.43 bits per heavy atom. The Morgan fingerprint density at radius 2 is 2.14 bits per heavy atom. The van der Waals surface area contributed by atoms with Crippen LogP contribution in [0.25, 0.3) is 0 Å². The summed E-state index contributed by atoms with van der Waals surface area (Å²) in [6.07, 6.45) is -0.588. The van der Waals surface area contributed by atoms with Gasteiger partial charge in [-0.2, -0.15) is 0 Å². The van der Waals surface area contributed by atoms with Crippen molar-refractivity contribution in [2.75, 3.05) is 13.2 Å². The monoisotopic (exact) mass is 195 g/mol. The highest BCUT2D eigenvalue weighted by Crippen LogP contribution is 2.20. The lowest BCUT2D eigenvalue weighted by molar-refractivity contribution is 0.114. The molecule has 0 amide bonds. The second kappa shape index (κ2) is 4.98. The average Bonchev–Trinajstić information content (AvgIpc) is 2.20. The third-order valence-electron chi connectivity index (χ3n) is 2.26. The highest BCUT2D eigenvalue weighted by atomic mass is 16.5. The maximum Gasteiger partial charge on any atom is 0.122 e. The molecule has 0 aromatic heterocycles. The van der Waals surface area contributed by atoms with Gasteiger partial charge in [0.2, 0.25) is 0 Å². The number of aryl methyl sites for hydroxylation is 1. The number of hydrogen-bond donors (Lipinski definition) is 2. The number of aliphatic hydroxyl groups is 1. The number of nitrogens with two attached hydrogens (primary N) is 1. The topological polar surface area (TPSA) is 55.5 Å². The number of ether oxygens (including phenoxy) is 1. The average molecular weight is 195 g/mol. The molecule has 78 valence electrons. The summed E-state index contributed by atoms with van der Waals surface area (Å²) >= 11 is 0. The zero-order valence-corrected chi connectivity index (χ0v) is 8.66. The van der Waals surface area contributed by atoms with Crippen molar-refractivity contribution in [2.24, 2.45) is 5.73 Å². The summed E-state index contributed by atoms with van der Waals surface area (Å²) < 4.78 is 5.44. The van der Waals surface area contributed by atoms with E-state index in [1.54, 1.807) is 0 Å². The molecule has 1 aromatic rings. The van der Waals surface area contributed by atoms with Crippen LogP contribution in [0.4, 0.5) is 0 Å². The van der Waals surface area contributed by atoms with E-state index < -0.39 is 6.10 Å². The largest absolute Gasteiger partial charge is 0.491 e. The van der Waals surface area contributed by atoms with Crippen LogP contribution in [-0.2, 0) is 0 Å². The van der Waals surface area contributed by atoms with E-state index in [2.05, 4.69) is 0 Å². The van der Waals surface area contributed by atoms with Gasteiger partial charge in [-0.25, -0.2) is 0 Å². The van der Waals surface area contributed by atoms with Crippen molar-refractivity contribution in [3.8, 4) is 5.75 Å². The summed E-state index contributed by atoms with van der Waals surface area (Å²) in [4.78, 5) is 0. The fourth-order valence-corrected chi connectivity index (χ4v) is 1.13. The fourth-order valence-electron chi connectivity index (χ4n) is 1.13. The minimum atomic E-state index is -0.588. The third kappa shape index (κ3) is 2.72. The van der Waals surface area contributed by atoms with Gasteiger partial charge in [-0.05, 0) is 31.0 Å². The van der Waals surface area contributed by atoms with Crippen LogP contribution in [0.1, 0.15) is 11.1 Å². The number of benzene rings is 1. The lowest BCUT2D eigenvalue weighted by atomic mass is 10.1. The Morgan fingerprint density at radius 3 is 2.79 bits per heavy atom. The molecule has 1 atom stereocenters. The molecule has 1 rings (SSSR count). The molecule has 1 aromatic carbocycles. The lowest BCUT2D eigenvalue weighted by Crippen LogP contribution is -2.26.